The van der Waals surface area contributed by atoms with E-state index in [0.717, 1.165) is 30.5 Å². The zero-order valence-electron chi connectivity index (χ0n) is 18.4. The number of amides is 1. The highest BCUT2D eigenvalue weighted by molar-refractivity contribution is 6.34. The fraction of sp³-hybridized carbons (Fsp3) is 0.375. The molecule has 1 N–H and O–H groups in total. The molecule has 168 valence electrons. The molecule has 1 fully saturated rings. The second kappa shape index (κ2) is 9.38. The van der Waals surface area contributed by atoms with Gasteiger partial charge in [0.1, 0.15) is 5.82 Å². The number of hydrogen-bond donors (Lipinski definition) is 1. The van der Waals surface area contributed by atoms with Gasteiger partial charge in [-0.25, -0.2) is 4.39 Å². The van der Waals surface area contributed by atoms with Gasteiger partial charge in [0.25, 0.3) is 0 Å². The van der Waals surface area contributed by atoms with E-state index in [0.29, 0.717) is 34.5 Å². The number of anilines is 1. The van der Waals surface area contributed by atoms with Crippen LogP contribution < -0.4 is 5.32 Å². The number of carbonyl (C=O) groups excluding carboxylic acids is 1. The molecular weight excluding hydrogens is 431 g/mol. The van der Waals surface area contributed by atoms with Crippen LogP contribution in [0.15, 0.2) is 40.9 Å². The van der Waals surface area contributed by atoms with Crippen molar-refractivity contribution < 1.29 is 13.7 Å². The summed E-state index contributed by atoms with van der Waals surface area (Å²) in [6, 6.07) is 9.50. The molecule has 2 atom stereocenters. The fourth-order valence-corrected chi connectivity index (χ4v) is 4.51. The van der Waals surface area contributed by atoms with Gasteiger partial charge in [-0.05, 0) is 81.6 Å². The maximum Gasteiger partial charge on any atom is 0.241 e. The molecule has 4 rings (SSSR count). The normalized spacial score (nSPS) is 17.8. The summed E-state index contributed by atoms with van der Waals surface area (Å²) >= 11 is 6.36. The van der Waals surface area contributed by atoms with Crippen LogP contribution in [0.1, 0.15) is 42.7 Å². The van der Waals surface area contributed by atoms with Gasteiger partial charge in [0.05, 0.1) is 22.7 Å². The molecule has 2 heterocycles. The third-order valence-electron chi connectivity index (χ3n) is 5.95. The van der Waals surface area contributed by atoms with Crippen LogP contribution in [0.4, 0.5) is 10.1 Å². The lowest BCUT2D eigenvalue weighted by Gasteiger charge is -2.34. The number of hydrogen-bond acceptors (Lipinski definition) is 5. The number of halogens is 2. The first kappa shape index (κ1) is 22.4. The number of aromatic nitrogens is 2. The van der Waals surface area contributed by atoms with Gasteiger partial charge < -0.3 is 9.84 Å². The van der Waals surface area contributed by atoms with Gasteiger partial charge in [0.15, 0.2) is 0 Å². The molecule has 8 heteroatoms. The van der Waals surface area contributed by atoms with E-state index in [1.54, 1.807) is 12.1 Å². The first-order valence-corrected chi connectivity index (χ1v) is 11.1. The summed E-state index contributed by atoms with van der Waals surface area (Å²) in [4.78, 5) is 19.6. The standard InChI is InChI=1S/C24H26ClFN4O2/c1-14-11-15(2)21(20(25)12-14)27-23(31)16(3)30-10-4-5-18(13-30)24-28-22(29-32-24)17-6-8-19(26)9-7-17/h6-9,11-12,16,18H,4-5,10,13H2,1-3H3,(H,27,31). The van der Waals surface area contributed by atoms with Crippen LogP contribution in [0.5, 0.6) is 0 Å². The summed E-state index contributed by atoms with van der Waals surface area (Å²) in [5.74, 6) is 0.601. The van der Waals surface area contributed by atoms with Gasteiger partial charge in [0.2, 0.25) is 17.6 Å². The highest BCUT2D eigenvalue weighted by atomic mass is 35.5. The number of benzene rings is 2. The number of rotatable bonds is 5. The van der Waals surface area contributed by atoms with Crippen molar-refractivity contribution in [1.82, 2.24) is 15.0 Å². The topological polar surface area (TPSA) is 71.3 Å². The lowest BCUT2D eigenvalue weighted by atomic mass is 9.96. The van der Waals surface area contributed by atoms with E-state index in [4.69, 9.17) is 16.1 Å². The number of aryl methyl sites for hydroxylation is 2. The Morgan fingerprint density at radius 1 is 1.28 bits per heavy atom. The molecule has 2 aromatic carbocycles. The minimum atomic E-state index is -0.339. The first-order valence-electron chi connectivity index (χ1n) is 10.7. The molecule has 0 saturated carbocycles. The average Bonchev–Trinajstić information content (AvgIpc) is 3.26. The summed E-state index contributed by atoms with van der Waals surface area (Å²) in [6.45, 7) is 7.25. The maximum absolute atomic E-state index is 13.2. The molecule has 1 aliphatic rings. The molecule has 1 saturated heterocycles. The van der Waals surface area contributed by atoms with Gasteiger partial charge in [-0.2, -0.15) is 4.98 Å². The zero-order chi connectivity index (χ0) is 22.8. The zero-order valence-corrected chi connectivity index (χ0v) is 19.1. The lowest BCUT2D eigenvalue weighted by molar-refractivity contribution is -0.121. The summed E-state index contributed by atoms with van der Waals surface area (Å²) < 4.78 is 18.7. The Labute approximate surface area is 191 Å². The predicted molar refractivity (Wildman–Crippen MR) is 122 cm³/mol. The van der Waals surface area contributed by atoms with Crippen LogP contribution in [0.25, 0.3) is 11.4 Å². The van der Waals surface area contributed by atoms with Crippen LogP contribution in [-0.4, -0.2) is 40.1 Å². The molecule has 0 bridgehead atoms. The molecular formula is C24H26ClFN4O2. The maximum atomic E-state index is 13.2. The Morgan fingerprint density at radius 2 is 2.03 bits per heavy atom. The van der Waals surface area contributed by atoms with E-state index < -0.39 is 0 Å². The Balaban J connectivity index is 1.43. The SMILES string of the molecule is Cc1cc(C)c(NC(=O)C(C)N2CCCC(c3nc(-c4ccc(F)cc4)no3)C2)c(Cl)c1. The van der Waals surface area contributed by atoms with Gasteiger partial charge in [-0.1, -0.05) is 22.8 Å². The van der Waals surface area contributed by atoms with Crippen molar-refractivity contribution in [2.45, 2.75) is 45.6 Å². The highest BCUT2D eigenvalue weighted by Gasteiger charge is 2.31. The third-order valence-corrected chi connectivity index (χ3v) is 6.25. The minimum absolute atomic E-state index is 0.0328. The van der Waals surface area contributed by atoms with Crippen LogP contribution >= 0.6 is 11.6 Å². The van der Waals surface area contributed by atoms with Gasteiger partial charge in [-0.15, -0.1) is 0 Å². The molecule has 0 spiro atoms. The summed E-state index contributed by atoms with van der Waals surface area (Å²) in [5.41, 5.74) is 3.35. The fourth-order valence-electron chi connectivity index (χ4n) is 4.14. The van der Waals surface area contributed by atoms with Gasteiger partial charge >= 0.3 is 0 Å². The molecule has 0 radical (unpaired) electrons. The Kier molecular flexibility index (Phi) is 6.58. The monoisotopic (exact) mass is 456 g/mol. The van der Waals surface area contributed by atoms with Crippen molar-refractivity contribution in [3.05, 3.63) is 64.3 Å². The largest absolute Gasteiger partial charge is 0.339 e. The highest BCUT2D eigenvalue weighted by Crippen LogP contribution is 2.30. The molecule has 32 heavy (non-hydrogen) atoms. The second-order valence-electron chi connectivity index (χ2n) is 8.40. The van der Waals surface area contributed by atoms with E-state index in [9.17, 15) is 9.18 Å². The van der Waals surface area contributed by atoms with Crippen molar-refractivity contribution in [2.24, 2.45) is 0 Å². The van der Waals surface area contributed by atoms with Gasteiger partial charge in [-0.3, -0.25) is 9.69 Å². The molecule has 1 aromatic heterocycles. The lowest BCUT2D eigenvalue weighted by Crippen LogP contribution is -2.46. The third kappa shape index (κ3) is 4.84. The molecule has 1 amide bonds. The van der Waals surface area contributed by atoms with Crippen molar-refractivity contribution in [1.29, 1.82) is 0 Å². The Bertz CT molecular complexity index is 1090. The van der Waals surface area contributed by atoms with E-state index in [1.165, 1.54) is 12.1 Å². The van der Waals surface area contributed by atoms with E-state index in [-0.39, 0.29) is 23.7 Å². The van der Waals surface area contributed by atoms with E-state index >= 15 is 0 Å². The van der Waals surface area contributed by atoms with Crippen molar-refractivity contribution >= 4 is 23.2 Å². The number of piperidine rings is 1. The quantitative estimate of drug-likeness (QED) is 0.560. The Morgan fingerprint density at radius 3 is 2.75 bits per heavy atom. The molecule has 1 aliphatic heterocycles. The average molecular weight is 457 g/mol. The van der Waals surface area contributed by atoms with E-state index in [2.05, 4.69) is 20.4 Å². The number of nitrogens with zero attached hydrogens (tertiary/aromatic N) is 3. The van der Waals surface area contributed by atoms with Crippen LogP contribution in [0, 0.1) is 19.7 Å². The van der Waals surface area contributed by atoms with Crippen molar-refractivity contribution in [3.63, 3.8) is 0 Å². The van der Waals surface area contributed by atoms with Crippen LogP contribution in [0.2, 0.25) is 5.02 Å². The van der Waals surface area contributed by atoms with E-state index in [1.807, 2.05) is 32.9 Å². The van der Waals surface area contributed by atoms with Crippen molar-refractivity contribution in [3.8, 4) is 11.4 Å². The summed E-state index contributed by atoms with van der Waals surface area (Å²) in [5, 5.41) is 7.59. The first-order chi connectivity index (χ1) is 15.3. The molecule has 3 aromatic rings. The molecule has 2 unspecified atom stereocenters. The summed E-state index contributed by atoms with van der Waals surface area (Å²) in [6.07, 6.45) is 1.82. The Hall–Kier alpha value is -2.77. The number of carbonyl (C=O) groups is 1. The van der Waals surface area contributed by atoms with Gasteiger partial charge in [0, 0.05) is 12.1 Å². The summed E-state index contributed by atoms with van der Waals surface area (Å²) in [7, 11) is 0. The smallest absolute Gasteiger partial charge is 0.241 e. The van der Waals surface area contributed by atoms with Crippen LogP contribution in [0.3, 0.4) is 0 Å². The predicted octanol–water partition coefficient (Wildman–Crippen LogP) is 5.35. The van der Waals surface area contributed by atoms with Crippen LogP contribution in [-0.2, 0) is 4.79 Å². The number of nitrogens with one attached hydrogen (secondary N) is 1. The molecule has 6 nitrogen and oxygen atoms in total. The van der Waals surface area contributed by atoms with Crippen molar-refractivity contribution in [2.75, 3.05) is 18.4 Å². The molecule has 0 aliphatic carbocycles. The number of likely N-dealkylation sites (tertiary alicyclic amines) is 1. The second-order valence-corrected chi connectivity index (χ2v) is 8.81. The minimum Gasteiger partial charge on any atom is -0.339 e.